The summed E-state index contributed by atoms with van der Waals surface area (Å²) in [4.78, 5) is 32.4. The van der Waals surface area contributed by atoms with Gasteiger partial charge in [0.15, 0.2) is 0 Å². The third-order valence-electron chi connectivity index (χ3n) is 3.70. The van der Waals surface area contributed by atoms with E-state index in [1.807, 2.05) is 6.07 Å². The Morgan fingerprint density at radius 3 is 2.60 bits per heavy atom. The fraction of sp³-hybridized carbons (Fsp3) is 0.125. The first-order valence-corrected chi connectivity index (χ1v) is 7.08. The van der Waals surface area contributed by atoms with Crippen molar-refractivity contribution in [2.45, 2.75) is 0 Å². The lowest BCUT2D eigenvalue weighted by Gasteiger charge is -2.14. The van der Waals surface area contributed by atoms with Gasteiger partial charge in [0.25, 0.3) is 5.56 Å². The third kappa shape index (κ3) is 2.55. The normalized spacial score (nSPS) is 10.4. The summed E-state index contributed by atoms with van der Waals surface area (Å²) in [5.41, 5.74) is 5.10. The van der Waals surface area contributed by atoms with Gasteiger partial charge in [-0.3, -0.25) is 14.8 Å². The predicted molar refractivity (Wildman–Crippen MR) is 90.7 cm³/mol. The highest BCUT2D eigenvalue weighted by molar-refractivity contribution is 5.99. The van der Waals surface area contributed by atoms with Gasteiger partial charge in [-0.1, -0.05) is 0 Å². The van der Waals surface area contributed by atoms with Crippen LogP contribution in [0.5, 0.6) is 11.5 Å². The highest BCUT2D eigenvalue weighted by Gasteiger charge is 2.21. The lowest BCUT2D eigenvalue weighted by atomic mass is 9.97. The molecule has 0 fully saturated rings. The van der Waals surface area contributed by atoms with Crippen LogP contribution < -0.4 is 26.5 Å². The molecule has 0 aliphatic rings. The number of aromatic amines is 2. The van der Waals surface area contributed by atoms with Crippen molar-refractivity contribution in [3.05, 3.63) is 44.6 Å². The van der Waals surface area contributed by atoms with Gasteiger partial charge in [0.05, 0.1) is 19.6 Å². The van der Waals surface area contributed by atoms with Gasteiger partial charge in [0, 0.05) is 17.2 Å². The van der Waals surface area contributed by atoms with Crippen LogP contribution in [0, 0.1) is 11.3 Å². The van der Waals surface area contributed by atoms with Crippen LogP contribution in [0.1, 0.15) is 5.56 Å². The molecule has 126 valence electrons. The largest absolute Gasteiger partial charge is 0.497 e. The molecule has 2 heterocycles. The minimum absolute atomic E-state index is 0.00789. The average molecular weight is 339 g/mol. The Hall–Kier alpha value is -3.80. The van der Waals surface area contributed by atoms with Crippen LogP contribution in [0.3, 0.4) is 0 Å². The molecule has 0 amide bonds. The highest BCUT2D eigenvalue weighted by atomic mass is 16.5. The molecule has 0 saturated carbocycles. The van der Waals surface area contributed by atoms with Gasteiger partial charge in [-0.05, 0) is 12.1 Å². The Labute approximate surface area is 140 Å². The summed E-state index contributed by atoms with van der Waals surface area (Å²) >= 11 is 0. The SMILES string of the molecule is COc1ccc(-c2c(C#N)c(N)nc3[nH]c(=O)[nH]c(=O)c23)c(OC)c1. The zero-order valence-corrected chi connectivity index (χ0v) is 13.3. The van der Waals surface area contributed by atoms with E-state index in [4.69, 9.17) is 15.2 Å². The van der Waals surface area contributed by atoms with E-state index in [1.54, 1.807) is 18.2 Å². The maximum atomic E-state index is 12.4. The molecule has 0 atom stereocenters. The van der Waals surface area contributed by atoms with E-state index in [2.05, 4.69) is 15.0 Å². The van der Waals surface area contributed by atoms with E-state index in [0.29, 0.717) is 17.1 Å². The number of fused-ring (bicyclic) bond motifs is 1. The number of rotatable bonds is 3. The number of aromatic nitrogens is 3. The second-order valence-corrected chi connectivity index (χ2v) is 5.06. The standard InChI is InChI=1S/C16H13N5O4/c1-24-7-3-4-8(10(5-7)25-2)11-9(6-17)13(18)19-14-12(11)15(22)21-16(23)20-14/h3-5H,1-2H3,(H4,18,19,20,21,22,23). The van der Waals surface area contributed by atoms with Crippen LogP contribution >= 0.6 is 0 Å². The van der Waals surface area contributed by atoms with Crippen LogP contribution in [0.4, 0.5) is 5.82 Å². The Morgan fingerprint density at radius 1 is 1.20 bits per heavy atom. The minimum atomic E-state index is -0.721. The van der Waals surface area contributed by atoms with Crippen molar-refractivity contribution in [3.8, 4) is 28.7 Å². The number of anilines is 1. The van der Waals surface area contributed by atoms with Crippen molar-refractivity contribution < 1.29 is 9.47 Å². The predicted octanol–water partition coefficient (Wildman–Crippen LogP) is 0.749. The van der Waals surface area contributed by atoms with Gasteiger partial charge in [0.1, 0.15) is 34.6 Å². The Balaban J connectivity index is 2.54. The summed E-state index contributed by atoms with van der Waals surface area (Å²) in [5.74, 6) is 0.797. The van der Waals surface area contributed by atoms with Gasteiger partial charge in [-0.2, -0.15) is 5.26 Å². The summed E-state index contributed by atoms with van der Waals surface area (Å²) in [6, 6.07) is 6.86. The van der Waals surface area contributed by atoms with E-state index < -0.39 is 11.2 Å². The van der Waals surface area contributed by atoms with E-state index in [9.17, 15) is 14.9 Å². The first-order chi connectivity index (χ1) is 12.0. The molecule has 4 N–H and O–H groups in total. The molecule has 0 radical (unpaired) electrons. The molecule has 9 nitrogen and oxygen atoms in total. The van der Waals surface area contributed by atoms with Gasteiger partial charge < -0.3 is 15.2 Å². The second-order valence-electron chi connectivity index (χ2n) is 5.06. The zero-order valence-electron chi connectivity index (χ0n) is 13.3. The average Bonchev–Trinajstić information content (AvgIpc) is 2.59. The van der Waals surface area contributed by atoms with Gasteiger partial charge in [0.2, 0.25) is 0 Å². The monoisotopic (exact) mass is 339 g/mol. The first-order valence-electron chi connectivity index (χ1n) is 7.08. The molecule has 1 aromatic carbocycles. The van der Waals surface area contributed by atoms with Crippen molar-refractivity contribution >= 4 is 16.9 Å². The fourth-order valence-corrected chi connectivity index (χ4v) is 2.61. The molecule has 0 aliphatic carbocycles. The summed E-state index contributed by atoms with van der Waals surface area (Å²) in [7, 11) is 2.95. The number of hydrogen-bond donors (Lipinski definition) is 3. The molecular weight excluding hydrogens is 326 g/mol. The molecule has 0 spiro atoms. The molecule has 0 bridgehead atoms. The summed E-state index contributed by atoms with van der Waals surface area (Å²) in [6.07, 6.45) is 0. The number of nitrogens with two attached hydrogens (primary N) is 1. The minimum Gasteiger partial charge on any atom is -0.497 e. The molecular formula is C16H13N5O4. The quantitative estimate of drug-likeness (QED) is 0.638. The number of H-pyrrole nitrogens is 2. The van der Waals surface area contributed by atoms with E-state index in [1.165, 1.54) is 14.2 Å². The maximum absolute atomic E-state index is 12.4. The van der Waals surface area contributed by atoms with Crippen molar-refractivity contribution in [1.82, 2.24) is 15.0 Å². The summed E-state index contributed by atoms with van der Waals surface area (Å²) in [6.45, 7) is 0. The van der Waals surface area contributed by atoms with Crippen molar-refractivity contribution in [2.75, 3.05) is 20.0 Å². The Morgan fingerprint density at radius 2 is 1.96 bits per heavy atom. The van der Waals surface area contributed by atoms with Crippen LogP contribution in [0.25, 0.3) is 22.2 Å². The van der Waals surface area contributed by atoms with Crippen LogP contribution in [0.15, 0.2) is 27.8 Å². The number of nitrogens with zero attached hydrogens (tertiary/aromatic N) is 2. The van der Waals surface area contributed by atoms with Crippen molar-refractivity contribution in [1.29, 1.82) is 5.26 Å². The van der Waals surface area contributed by atoms with Gasteiger partial charge >= 0.3 is 5.69 Å². The van der Waals surface area contributed by atoms with E-state index in [-0.39, 0.29) is 28.0 Å². The maximum Gasteiger partial charge on any atom is 0.327 e. The van der Waals surface area contributed by atoms with Crippen LogP contribution in [0.2, 0.25) is 0 Å². The molecule has 0 aliphatic heterocycles. The first kappa shape index (κ1) is 16.1. The highest BCUT2D eigenvalue weighted by Crippen LogP contribution is 2.38. The van der Waals surface area contributed by atoms with Crippen LogP contribution in [-0.2, 0) is 0 Å². The number of ether oxygens (including phenoxy) is 2. The lowest BCUT2D eigenvalue weighted by Crippen LogP contribution is -2.23. The summed E-state index contributed by atoms with van der Waals surface area (Å²) in [5, 5.41) is 9.55. The Bertz CT molecular complexity index is 1140. The fourth-order valence-electron chi connectivity index (χ4n) is 2.61. The van der Waals surface area contributed by atoms with E-state index in [0.717, 1.165) is 0 Å². The molecule has 25 heavy (non-hydrogen) atoms. The molecule has 0 saturated heterocycles. The number of nitrogen functional groups attached to an aromatic ring is 1. The number of nitrogens with one attached hydrogen (secondary N) is 2. The number of pyridine rings is 1. The molecule has 0 unspecified atom stereocenters. The topological polar surface area (TPSA) is 147 Å². The van der Waals surface area contributed by atoms with E-state index >= 15 is 0 Å². The zero-order chi connectivity index (χ0) is 18.1. The number of nitriles is 1. The second kappa shape index (κ2) is 6.01. The smallest absolute Gasteiger partial charge is 0.327 e. The molecule has 9 heteroatoms. The Kier molecular flexibility index (Phi) is 3.86. The third-order valence-corrected chi connectivity index (χ3v) is 3.70. The number of benzene rings is 1. The number of methoxy groups -OCH3 is 2. The number of hydrogen-bond acceptors (Lipinski definition) is 7. The van der Waals surface area contributed by atoms with Crippen molar-refractivity contribution in [2.24, 2.45) is 0 Å². The van der Waals surface area contributed by atoms with Gasteiger partial charge in [-0.25, -0.2) is 9.78 Å². The van der Waals surface area contributed by atoms with Crippen molar-refractivity contribution in [3.63, 3.8) is 0 Å². The molecule has 3 aromatic rings. The molecule has 3 rings (SSSR count). The lowest BCUT2D eigenvalue weighted by molar-refractivity contribution is 0.395. The van der Waals surface area contributed by atoms with Crippen LogP contribution in [-0.4, -0.2) is 29.2 Å². The summed E-state index contributed by atoms with van der Waals surface area (Å²) < 4.78 is 10.5. The van der Waals surface area contributed by atoms with Gasteiger partial charge in [-0.15, -0.1) is 0 Å². The molecule has 2 aromatic heterocycles.